The van der Waals surface area contributed by atoms with E-state index >= 15 is 0 Å². The average Bonchev–Trinajstić information content (AvgIpc) is 3.01. The van der Waals surface area contributed by atoms with Gasteiger partial charge in [-0.1, -0.05) is 41.7 Å². The number of hydrogen-bond donors (Lipinski definition) is 1. The predicted octanol–water partition coefficient (Wildman–Crippen LogP) is 2.85. The van der Waals surface area contributed by atoms with Crippen LogP contribution in [0, 0.1) is 6.92 Å². The average molecular weight is 354 g/mol. The Kier molecular flexibility index (Phi) is 5.10. The lowest BCUT2D eigenvalue weighted by atomic mass is 10.2. The summed E-state index contributed by atoms with van der Waals surface area (Å²) in [7, 11) is 0. The van der Waals surface area contributed by atoms with E-state index in [0.717, 1.165) is 16.9 Å². The van der Waals surface area contributed by atoms with E-state index in [1.165, 1.54) is 18.6 Å². The number of ether oxygens (including phenoxy) is 1. The summed E-state index contributed by atoms with van der Waals surface area (Å²) in [6, 6.07) is 9.39. The van der Waals surface area contributed by atoms with Crippen LogP contribution in [0.5, 0.6) is 0 Å². The summed E-state index contributed by atoms with van der Waals surface area (Å²) < 4.78 is 5.29. The van der Waals surface area contributed by atoms with E-state index in [-0.39, 0.29) is 12.3 Å². The minimum Gasteiger partial charge on any atom is -0.457 e. The number of nitrogens with zero attached hydrogens (tertiary/aromatic N) is 3. The van der Waals surface area contributed by atoms with E-state index in [9.17, 15) is 9.59 Å². The number of amides is 1. The number of benzene rings is 1. The molecule has 0 saturated heterocycles. The first-order valence-electron chi connectivity index (χ1n) is 7.39. The zero-order valence-electron chi connectivity index (χ0n) is 13.3. The second-order valence-electron chi connectivity index (χ2n) is 5.04. The van der Waals surface area contributed by atoms with E-state index in [0.29, 0.717) is 15.7 Å². The smallest absolute Gasteiger partial charge is 0.350 e. The molecule has 0 bridgehead atoms. The molecule has 25 heavy (non-hydrogen) atoms. The van der Waals surface area contributed by atoms with E-state index in [1.54, 1.807) is 6.92 Å². The van der Waals surface area contributed by atoms with Crippen LogP contribution in [0.2, 0.25) is 0 Å². The van der Waals surface area contributed by atoms with Crippen molar-refractivity contribution < 1.29 is 14.3 Å². The number of aromatic nitrogens is 3. The molecule has 7 nitrogen and oxygen atoms in total. The molecule has 0 aliphatic carbocycles. The summed E-state index contributed by atoms with van der Waals surface area (Å²) in [4.78, 5) is 36.6. The number of thiazole rings is 1. The molecule has 2 aromatic heterocycles. The van der Waals surface area contributed by atoms with Crippen LogP contribution in [0.3, 0.4) is 0 Å². The van der Waals surface area contributed by atoms with Gasteiger partial charge < -0.3 is 4.74 Å². The first-order chi connectivity index (χ1) is 12.1. The van der Waals surface area contributed by atoms with Gasteiger partial charge in [0, 0.05) is 12.4 Å². The molecule has 0 saturated carbocycles. The Balaban J connectivity index is 1.65. The fourth-order valence-corrected chi connectivity index (χ4v) is 2.86. The maximum atomic E-state index is 12.2. The number of anilines is 1. The van der Waals surface area contributed by atoms with Gasteiger partial charge >= 0.3 is 5.97 Å². The van der Waals surface area contributed by atoms with Crippen LogP contribution in [0.25, 0.3) is 0 Å². The Morgan fingerprint density at radius 3 is 2.72 bits per heavy atom. The fraction of sp³-hybridized carbons (Fsp3) is 0.118. The summed E-state index contributed by atoms with van der Waals surface area (Å²) in [5.41, 5.74) is 1.57. The third-order valence-electron chi connectivity index (χ3n) is 3.21. The number of esters is 1. The van der Waals surface area contributed by atoms with E-state index in [4.69, 9.17) is 4.74 Å². The van der Waals surface area contributed by atoms with Crippen molar-refractivity contribution in [1.82, 2.24) is 15.0 Å². The van der Waals surface area contributed by atoms with Crippen LogP contribution in [0.4, 0.5) is 5.13 Å². The van der Waals surface area contributed by atoms with Gasteiger partial charge in [-0.25, -0.2) is 14.8 Å². The first-order valence-corrected chi connectivity index (χ1v) is 8.21. The third-order valence-corrected chi connectivity index (χ3v) is 4.26. The topological polar surface area (TPSA) is 94.1 Å². The monoisotopic (exact) mass is 354 g/mol. The molecule has 0 unspecified atom stereocenters. The van der Waals surface area contributed by atoms with Crippen molar-refractivity contribution in [2.45, 2.75) is 13.5 Å². The van der Waals surface area contributed by atoms with Crippen molar-refractivity contribution >= 4 is 28.3 Å². The highest BCUT2D eigenvalue weighted by molar-refractivity contribution is 7.17. The zero-order valence-corrected chi connectivity index (χ0v) is 14.1. The number of hydrogen-bond acceptors (Lipinski definition) is 7. The number of rotatable bonds is 5. The highest BCUT2D eigenvalue weighted by atomic mass is 32.1. The second kappa shape index (κ2) is 7.63. The minimum absolute atomic E-state index is 0.170. The Bertz CT molecular complexity index is 881. The molecular weight excluding hydrogens is 340 g/mol. The first kappa shape index (κ1) is 16.7. The molecule has 0 radical (unpaired) electrons. The number of carbonyl (C=O) groups excluding carboxylic acids is 2. The zero-order chi connectivity index (χ0) is 17.6. The summed E-state index contributed by atoms with van der Waals surface area (Å²) in [6.45, 7) is 1.87. The predicted molar refractivity (Wildman–Crippen MR) is 92.4 cm³/mol. The summed E-state index contributed by atoms with van der Waals surface area (Å²) in [5, 5.41) is 2.91. The Morgan fingerprint density at radius 2 is 2.00 bits per heavy atom. The Morgan fingerprint density at radius 1 is 1.20 bits per heavy atom. The molecule has 2 heterocycles. The number of carbonyl (C=O) groups is 2. The van der Waals surface area contributed by atoms with Crippen molar-refractivity contribution in [2.24, 2.45) is 0 Å². The van der Waals surface area contributed by atoms with Gasteiger partial charge in [-0.2, -0.15) is 0 Å². The van der Waals surface area contributed by atoms with Crippen molar-refractivity contribution in [2.75, 3.05) is 5.32 Å². The van der Waals surface area contributed by atoms with Crippen molar-refractivity contribution in [3.63, 3.8) is 0 Å². The largest absolute Gasteiger partial charge is 0.457 e. The molecule has 1 aromatic carbocycles. The van der Waals surface area contributed by atoms with Gasteiger partial charge in [0.1, 0.15) is 17.2 Å². The molecule has 0 spiro atoms. The highest BCUT2D eigenvalue weighted by Gasteiger charge is 2.18. The second-order valence-corrected chi connectivity index (χ2v) is 6.04. The van der Waals surface area contributed by atoms with Gasteiger partial charge in [-0.15, -0.1) is 0 Å². The molecule has 0 fully saturated rings. The molecule has 0 aliphatic rings. The lowest BCUT2D eigenvalue weighted by Gasteiger charge is -2.03. The number of nitrogens with one attached hydrogen (secondary N) is 1. The quantitative estimate of drug-likeness (QED) is 0.708. The van der Waals surface area contributed by atoms with Gasteiger partial charge in [0.2, 0.25) is 0 Å². The molecule has 126 valence electrons. The van der Waals surface area contributed by atoms with Gasteiger partial charge in [-0.3, -0.25) is 15.1 Å². The van der Waals surface area contributed by atoms with E-state index < -0.39 is 11.9 Å². The van der Waals surface area contributed by atoms with Gasteiger partial charge in [0.25, 0.3) is 5.91 Å². The summed E-state index contributed by atoms with van der Waals surface area (Å²) in [6.07, 6.45) is 4.25. The molecule has 1 amide bonds. The normalized spacial score (nSPS) is 10.3. The standard InChI is InChI=1S/C17H14N4O3S/c1-11-14(16(23)24-10-12-5-3-2-4-6-12)25-17(20-11)21-15(22)13-9-18-7-8-19-13/h2-9H,10H2,1H3,(H,20,21,22). The highest BCUT2D eigenvalue weighted by Crippen LogP contribution is 2.24. The minimum atomic E-state index is -0.473. The molecule has 0 aliphatic heterocycles. The van der Waals surface area contributed by atoms with Crippen LogP contribution in [-0.2, 0) is 11.3 Å². The lowest BCUT2D eigenvalue weighted by molar-refractivity contribution is 0.0477. The van der Waals surface area contributed by atoms with Crippen LogP contribution in [0.1, 0.15) is 31.4 Å². The maximum absolute atomic E-state index is 12.2. The summed E-state index contributed by atoms with van der Waals surface area (Å²) >= 11 is 1.06. The van der Waals surface area contributed by atoms with Crippen LogP contribution < -0.4 is 5.32 Å². The Labute approximate surface area is 147 Å². The number of aryl methyl sites for hydroxylation is 1. The van der Waals surface area contributed by atoms with Crippen LogP contribution in [0.15, 0.2) is 48.9 Å². The SMILES string of the molecule is Cc1nc(NC(=O)c2cnccn2)sc1C(=O)OCc1ccccc1. The molecule has 3 rings (SSSR count). The van der Waals surface area contributed by atoms with Crippen LogP contribution >= 0.6 is 11.3 Å². The van der Waals surface area contributed by atoms with Crippen molar-refractivity contribution in [1.29, 1.82) is 0 Å². The van der Waals surface area contributed by atoms with Gasteiger partial charge in [0.05, 0.1) is 11.9 Å². The molecule has 8 heteroatoms. The van der Waals surface area contributed by atoms with Gasteiger partial charge in [-0.05, 0) is 12.5 Å². The van der Waals surface area contributed by atoms with E-state index in [1.807, 2.05) is 30.3 Å². The molecule has 1 N–H and O–H groups in total. The van der Waals surface area contributed by atoms with Crippen LogP contribution in [-0.4, -0.2) is 26.8 Å². The molecule has 3 aromatic rings. The Hall–Kier alpha value is -3.13. The molecule has 0 atom stereocenters. The van der Waals surface area contributed by atoms with Gasteiger partial charge in [0.15, 0.2) is 5.13 Å². The maximum Gasteiger partial charge on any atom is 0.350 e. The van der Waals surface area contributed by atoms with Crippen molar-refractivity contribution in [3.05, 3.63) is 70.8 Å². The molecular formula is C17H14N4O3S. The summed E-state index contributed by atoms with van der Waals surface area (Å²) in [5.74, 6) is -0.912. The lowest BCUT2D eigenvalue weighted by Crippen LogP contribution is -2.13. The fourth-order valence-electron chi connectivity index (χ4n) is 2.01. The van der Waals surface area contributed by atoms with Crippen molar-refractivity contribution in [3.8, 4) is 0 Å². The van der Waals surface area contributed by atoms with E-state index in [2.05, 4.69) is 20.3 Å². The third kappa shape index (κ3) is 4.24.